The third-order valence-corrected chi connectivity index (χ3v) is 3.71. The van der Waals surface area contributed by atoms with Crippen LogP contribution in [0.15, 0.2) is 33.7 Å². The number of nitrogens with zero attached hydrogens (tertiary/aromatic N) is 2. The zero-order valence-electron chi connectivity index (χ0n) is 11.9. The van der Waals surface area contributed by atoms with Gasteiger partial charge in [0.25, 0.3) is 5.89 Å². The third kappa shape index (κ3) is 5.00. The smallest absolute Gasteiger partial charge is 0.283 e. The van der Waals surface area contributed by atoms with Gasteiger partial charge in [0.1, 0.15) is 0 Å². The molecule has 2 rings (SSSR count). The summed E-state index contributed by atoms with van der Waals surface area (Å²) < 4.78 is 16.0. The summed E-state index contributed by atoms with van der Waals surface area (Å²) in [5, 5.41) is 4.65. The van der Waals surface area contributed by atoms with Gasteiger partial charge in [-0.05, 0) is 32.0 Å². The second-order valence-electron chi connectivity index (χ2n) is 4.04. The number of hydrogen-bond donors (Lipinski definition) is 0. The molecule has 0 aliphatic rings. The van der Waals surface area contributed by atoms with Crippen LogP contribution in [-0.2, 0) is 15.2 Å². The molecule has 0 fully saturated rings. The van der Waals surface area contributed by atoms with E-state index in [0.29, 0.717) is 35.7 Å². The molecule has 1 aromatic carbocycles. The summed E-state index contributed by atoms with van der Waals surface area (Å²) in [6, 6.07) is 7.64. The average molecular weight is 329 g/mol. The van der Waals surface area contributed by atoms with Crippen LogP contribution in [0.4, 0.5) is 0 Å². The second-order valence-corrected chi connectivity index (χ2v) is 5.52. The van der Waals surface area contributed by atoms with Gasteiger partial charge in [-0.2, -0.15) is 4.98 Å². The molecular weight excluding hydrogens is 312 g/mol. The number of thioether (sulfide) groups is 1. The molecule has 0 atom stereocenters. The zero-order chi connectivity index (χ0) is 15.1. The van der Waals surface area contributed by atoms with E-state index < -0.39 is 6.29 Å². The van der Waals surface area contributed by atoms with Crippen molar-refractivity contribution in [2.24, 2.45) is 0 Å². The molecule has 0 N–H and O–H groups in total. The Kier molecular flexibility index (Phi) is 6.50. The third-order valence-electron chi connectivity index (χ3n) is 2.49. The van der Waals surface area contributed by atoms with Crippen molar-refractivity contribution in [3.8, 4) is 0 Å². The lowest BCUT2D eigenvalue weighted by Gasteiger charge is -2.11. The van der Waals surface area contributed by atoms with Gasteiger partial charge >= 0.3 is 0 Å². The summed E-state index contributed by atoms with van der Waals surface area (Å²) in [5.74, 6) is 1.54. The fourth-order valence-corrected chi connectivity index (χ4v) is 2.67. The Hall–Kier alpha value is -1.08. The van der Waals surface area contributed by atoms with Crippen LogP contribution in [0.1, 0.15) is 31.9 Å². The highest BCUT2D eigenvalue weighted by Gasteiger charge is 2.19. The van der Waals surface area contributed by atoms with Crippen molar-refractivity contribution in [2.45, 2.75) is 30.8 Å². The molecule has 1 heterocycles. The van der Waals surface area contributed by atoms with E-state index in [1.165, 1.54) is 0 Å². The van der Waals surface area contributed by atoms with Gasteiger partial charge in [0.15, 0.2) is 5.82 Å². The highest BCUT2D eigenvalue weighted by Crippen LogP contribution is 2.25. The summed E-state index contributed by atoms with van der Waals surface area (Å²) in [4.78, 5) is 5.36. The summed E-state index contributed by atoms with van der Waals surface area (Å²) >= 11 is 7.53. The van der Waals surface area contributed by atoms with Gasteiger partial charge in [-0.15, -0.1) is 11.8 Å². The topological polar surface area (TPSA) is 57.4 Å². The molecule has 0 bridgehead atoms. The van der Waals surface area contributed by atoms with Crippen molar-refractivity contribution >= 4 is 23.4 Å². The molecule has 5 nitrogen and oxygen atoms in total. The number of aromatic nitrogens is 2. The Balaban J connectivity index is 1.96. The van der Waals surface area contributed by atoms with E-state index in [9.17, 15) is 0 Å². The number of hydrogen-bond acceptors (Lipinski definition) is 6. The molecule has 2 aromatic rings. The molecule has 0 aliphatic carbocycles. The minimum atomic E-state index is -0.600. The van der Waals surface area contributed by atoms with Crippen LogP contribution < -0.4 is 0 Å². The first kappa shape index (κ1) is 16.3. The SMILES string of the molecule is CCOC(OCC)c1nc(CSc2cccc(Cl)c2)no1. The Morgan fingerprint density at radius 2 is 2.05 bits per heavy atom. The van der Waals surface area contributed by atoms with Crippen molar-refractivity contribution in [1.82, 2.24) is 10.1 Å². The van der Waals surface area contributed by atoms with E-state index in [1.807, 2.05) is 38.1 Å². The van der Waals surface area contributed by atoms with Crippen LogP contribution in [0.25, 0.3) is 0 Å². The van der Waals surface area contributed by atoms with Crippen LogP contribution in [0.5, 0.6) is 0 Å². The minimum Gasteiger partial charge on any atom is -0.345 e. The molecule has 0 aliphatic heterocycles. The quantitative estimate of drug-likeness (QED) is 0.537. The number of benzene rings is 1. The predicted octanol–water partition coefficient (Wildman–Crippen LogP) is 4.09. The van der Waals surface area contributed by atoms with Crippen molar-refractivity contribution < 1.29 is 14.0 Å². The lowest BCUT2D eigenvalue weighted by Crippen LogP contribution is -2.09. The molecule has 0 saturated heterocycles. The van der Waals surface area contributed by atoms with Crippen LogP contribution in [0, 0.1) is 0 Å². The van der Waals surface area contributed by atoms with E-state index >= 15 is 0 Å². The molecule has 0 unspecified atom stereocenters. The fraction of sp³-hybridized carbons (Fsp3) is 0.429. The molecule has 0 spiro atoms. The van der Waals surface area contributed by atoms with Gasteiger partial charge in [-0.3, -0.25) is 0 Å². The van der Waals surface area contributed by atoms with Crippen LogP contribution in [0.3, 0.4) is 0 Å². The van der Waals surface area contributed by atoms with Crippen molar-refractivity contribution in [3.05, 3.63) is 41.0 Å². The fourth-order valence-electron chi connectivity index (χ4n) is 1.62. The second kappa shape index (κ2) is 8.38. The molecular formula is C14H17ClN2O3S. The highest BCUT2D eigenvalue weighted by molar-refractivity contribution is 7.98. The van der Waals surface area contributed by atoms with Crippen LogP contribution >= 0.6 is 23.4 Å². The first-order chi connectivity index (χ1) is 10.2. The van der Waals surface area contributed by atoms with Gasteiger partial charge in [-0.1, -0.05) is 22.8 Å². The summed E-state index contributed by atoms with van der Waals surface area (Å²) in [6.45, 7) is 4.80. The lowest BCUT2D eigenvalue weighted by molar-refractivity contribution is -0.155. The Morgan fingerprint density at radius 3 is 2.71 bits per heavy atom. The van der Waals surface area contributed by atoms with Gasteiger partial charge < -0.3 is 14.0 Å². The van der Waals surface area contributed by atoms with Gasteiger partial charge in [0, 0.05) is 23.1 Å². The monoisotopic (exact) mass is 328 g/mol. The summed E-state index contributed by atoms with van der Waals surface area (Å²) in [5.41, 5.74) is 0. The molecule has 7 heteroatoms. The summed E-state index contributed by atoms with van der Waals surface area (Å²) in [7, 11) is 0. The molecule has 1 aromatic heterocycles. The number of halogens is 1. The van der Waals surface area contributed by atoms with E-state index in [1.54, 1.807) is 11.8 Å². The maximum Gasteiger partial charge on any atom is 0.283 e. The van der Waals surface area contributed by atoms with Gasteiger partial charge in [-0.25, -0.2) is 0 Å². The highest BCUT2D eigenvalue weighted by atomic mass is 35.5. The Bertz CT molecular complexity index is 559. The maximum atomic E-state index is 5.95. The van der Waals surface area contributed by atoms with Crippen molar-refractivity contribution in [1.29, 1.82) is 0 Å². The summed E-state index contributed by atoms with van der Waals surface area (Å²) in [6.07, 6.45) is -0.600. The van der Waals surface area contributed by atoms with E-state index in [0.717, 1.165) is 4.90 Å². The largest absolute Gasteiger partial charge is 0.345 e. The standard InChI is InChI=1S/C14H17ClN2O3S/c1-3-18-14(19-4-2)13-16-12(17-20-13)9-21-11-7-5-6-10(15)8-11/h5-8,14H,3-4,9H2,1-2H3. The van der Waals surface area contributed by atoms with Crippen molar-refractivity contribution in [3.63, 3.8) is 0 Å². The average Bonchev–Trinajstić information content (AvgIpc) is 2.94. The first-order valence-corrected chi connectivity index (χ1v) is 8.03. The van der Waals surface area contributed by atoms with E-state index in [4.69, 9.17) is 25.6 Å². The number of ether oxygens (including phenoxy) is 2. The molecule has 114 valence electrons. The first-order valence-electron chi connectivity index (χ1n) is 6.67. The molecule has 21 heavy (non-hydrogen) atoms. The minimum absolute atomic E-state index is 0.348. The van der Waals surface area contributed by atoms with Crippen LogP contribution in [-0.4, -0.2) is 23.4 Å². The van der Waals surface area contributed by atoms with Gasteiger partial charge in [0.2, 0.25) is 6.29 Å². The lowest BCUT2D eigenvalue weighted by atomic mass is 10.4. The van der Waals surface area contributed by atoms with Crippen LogP contribution in [0.2, 0.25) is 5.02 Å². The molecule has 0 radical (unpaired) electrons. The Morgan fingerprint density at radius 1 is 1.29 bits per heavy atom. The normalized spacial score (nSPS) is 11.2. The molecule has 0 saturated carbocycles. The van der Waals surface area contributed by atoms with Gasteiger partial charge in [0.05, 0.1) is 5.75 Å². The van der Waals surface area contributed by atoms with E-state index in [2.05, 4.69) is 10.1 Å². The molecule has 0 amide bonds. The zero-order valence-corrected chi connectivity index (χ0v) is 13.5. The predicted molar refractivity (Wildman–Crippen MR) is 81.3 cm³/mol. The number of rotatable bonds is 8. The van der Waals surface area contributed by atoms with E-state index in [-0.39, 0.29) is 0 Å². The maximum absolute atomic E-state index is 5.95. The van der Waals surface area contributed by atoms with Crippen molar-refractivity contribution in [2.75, 3.05) is 13.2 Å². The Labute approximate surface area is 133 Å².